The van der Waals surface area contributed by atoms with Gasteiger partial charge in [-0.25, -0.2) is 4.79 Å². The first kappa shape index (κ1) is 14.2. The van der Waals surface area contributed by atoms with Crippen molar-refractivity contribution >= 4 is 17.7 Å². The van der Waals surface area contributed by atoms with E-state index in [0.29, 0.717) is 16.7 Å². The van der Waals surface area contributed by atoms with Gasteiger partial charge in [0.2, 0.25) is 0 Å². The molecule has 0 aromatic heterocycles. The maximum absolute atomic E-state index is 12.0. The van der Waals surface area contributed by atoms with Crippen LogP contribution in [0.4, 0.5) is 0 Å². The Morgan fingerprint density at radius 2 is 1.90 bits per heavy atom. The van der Waals surface area contributed by atoms with E-state index in [1.54, 1.807) is 26.0 Å². The van der Waals surface area contributed by atoms with Crippen molar-refractivity contribution in [3.63, 3.8) is 0 Å². The van der Waals surface area contributed by atoms with E-state index < -0.39 is 17.9 Å². The van der Waals surface area contributed by atoms with Crippen molar-refractivity contribution < 1.29 is 23.9 Å². The van der Waals surface area contributed by atoms with Gasteiger partial charge in [0, 0.05) is 12.0 Å². The highest BCUT2D eigenvalue weighted by molar-refractivity contribution is 6.07. The van der Waals surface area contributed by atoms with E-state index >= 15 is 0 Å². The van der Waals surface area contributed by atoms with E-state index in [0.717, 1.165) is 0 Å². The zero-order chi connectivity index (χ0) is 14.7. The van der Waals surface area contributed by atoms with Crippen molar-refractivity contribution in [2.24, 2.45) is 0 Å². The molecule has 0 radical (unpaired) electrons. The number of hydrogen-bond donors (Lipinski definition) is 0. The maximum Gasteiger partial charge on any atom is 0.338 e. The first-order chi connectivity index (χ1) is 9.58. The van der Waals surface area contributed by atoms with Gasteiger partial charge in [0.15, 0.2) is 5.78 Å². The smallest absolute Gasteiger partial charge is 0.338 e. The quantitative estimate of drug-likeness (QED) is 0.788. The summed E-state index contributed by atoms with van der Waals surface area (Å²) in [5, 5.41) is 0. The van der Waals surface area contributed by atoms with Crippen LogP contribution < -0.4 is 0 Å². The van der Waals surface area contributed by atoms with Gasteiger partial charge in [-0.15, -0.1) is 0 Å². The molecule has 0 saturated carbocycles. The van der Waals surface area contributed by atoms with E-state index in [1.165, 1.54) is 6.07 Å². The molecule has 106 valence electrons. The van der Waals surface area contributed by atoms with E-state index in [1.807, 2.05) is 0 Å². The van der Waals surface area contributed by atoms with Gasteiger partial charge >= 0.3 is 11.9 Å². The van der Waals surface area contributed by atoms with Gasteiger partial charge in [0.25, 0.3) is 0 Å². The number of benzene rings is 1. The molecule has 1 atom stereocenters. The van der Waals surface area contributed by atoms with Crippen molar-refractivity contribution in [3.8, 4) is 0 Å². The Morgan fingerprint density at radius 3 is 2.55 bits per heavy atom. The maximum atomic E-state index is 12.0. The van der Waals surface area contributed by atoms with Crippen LogP contribution in [0.1, 0.15) is 52.5 Å². The second kappa shape index (κ2) is 5.86. The highest BCUT2D eigenvalue weighted by Gasteiger charge is 2.35. The Balaban J connectivity index is 2.31. The predicted molar refractivity (Wildman–Crippen MR) is 70.7 cm³/mol. The van der Waals surface area contributed by atoms with Crippen molar-refractivity contribution in [1.29, 1.82) is 0 Å². The van der Waals surface area contributed by atoms with Gasteiger partial charge in [-0.2, -0.15) is 0 Å². The zero-order valence-corrected chi connectivity index (χ0v) is 11.5. The zero-order valence-electron chi connectivity index (χ0n) is 11.5. The topological polar surface area (TPSA) is 69.7 Å². The molecule has 5 nitrogen and oxygen atoms in total. The minimum Gasteiger partial charge on any atom is -0.466 e. The van der Waals surface area contributed by atoms with Gasteiger partial charge in [0.05, 0.1) is 24.7 Å². The second-order valence-electron chi connectivity index (χ2n) is 4.45. The number of carbonyl (C=O) groups is 3. The number of Topliss-reactive ketones (excluding diaryl/α,β-unsaturated/α-hetero) is 1. The molecule has 0 N–H and O–H groups in total. The van der Waals surface area contributed by atoms with Crippen LogP contribution >= 0.6 is 0 Å². The molecule has 0 spiro atoms. The van der Waals surface area contributed by atoms with Gasteiger partial charge in [-0.3, -0.25) is 9.59 Å². The number of ether oxygens (including phenoxy) is 2. The predicted octanol–water partition coefficient (Wildman–Crippen LogP) is 2.10. The lowest BCUT2D eigenvalue weighted by molar-refractivity contribution is -0.144. The Hall–Kier alpha value is -2.17. The lowest BCUT2D eigenvalue weighted by Gasteiger charge is -2.10. The molecule has 1 unspecified atom stereocenters. The Bertz CT molecular complexity index is 561. The van der Waals surface area contributed by atoms with Crippen LogP contribution in [0, 0.1) is 0 Å². The summed E-state index contributed by atoms with van der Waals surface area (Å²) in [4.78, 5) is 35.4. The lowest BCUT2D eigenvalue weighted by atomic mass is 10.00. The molecule has 0 aliphatic heterocycles. The molecule has 1 aromatic rings. The molecule has 0 amide bonds. The summed E-state index contributed by atoms with van der Waals surface area (Å²) in [6.45, 7) is 3.99. The summed E-state index contributed by atoms with van der Waals surface area (Å²) in [6.07, 6.45) is 0.0977. The van der Waals surface area contributed by atoms with Gasteiger partial charge in [-0.05, 0) is 31.5 Å². The SMILES string of the molecule is CCOC(=O)c1ccc2c(c1)C(=O)CC2C(=O)OCC. The molecule has 5 heteroatoms. The first-order valence-electron chi connectivity index (χ1n) is 6.59. The summed E-state index contributed by atoms with van der Waals surface area (Å²) in [6, 6.07) is 4.70. The fraction of sp³-hybridized carbons (Fsp3) is 0.400. The number of ketones is 1. The molecule has 1 aromatic carbocycles. The van der Waals surface area contributed by atoms with Crippen LogP contribution in [0.2, 0.25) is 0 Å². The van der Waals surface area contributed by atoms with Crippen LogP contribution in [0.25, 0.3) is 0 Å². The van der Waals surface area contributed by atoms with Crippen LogP contribution in [0.3, 0.4) is 0 Å². The third kappa shape index (κ3) is 2.57. The molecule has 1 aliphatic rings. The van der Waals surface area contributed by atoms with Crippen molar-refractivity contribution in [2.45, 2.75) is 26.2 Å². The molecule has 1 aliphatic carbocycles. The van der Waals surface area contributed by atoms with Gasteiger partial charge < -0.3 is 9.47 Å². The number of rotatable bonds is 4. The third-order valence-electron chi connectivity index (χ3n) is 3.20. The number of hydrogen-bond acceptors (Lipinski definition) is 5. The number of carbonyl (C=O) groups excluding carboxylic acids is 3. The minimum atomic E-state index is -0.561. The van der Waals surface area contributed by atoms with Crippen LogP contribution in [0.15, 0.2) is 18.2 Å². The molecule has 0 bridgehead atoms. The Kier molecular flexibility index (Phi) is 4.17. The highest BCUT2D eigenvalue weighted by Crippen LogP contribution is 2.34. The highest BCUT2D eigenvalue weighted by atomic mass is 16.5. The monoisotopic (exact) mass is 276 g/mol. The van der Waals surface area contributed by atoms with Crippen LogP contribution in [0.5, 0.6) is 0 Å². The van der Waals surface area contributed by atoms with Crippen LogP contribution in [-0.4, -0.2) is 30.9 Å². The first-order valence-corrected chi connectivity index (χ1v) is 6.59. The fourth-order valence-corrected chi connectivity index (χ4v) is 2.30. The van der Waals surface area contributed by atoms with E-state index in [4.69, 9.17) is 9.47 Å². The fourth-order valence-electron chi connectivity index (χ4n) is 2.30. The van der Waals surface area contributed by atoms with Crippen molar-refractivity contribution in [2.75, 3.05) is 13.2 Å². The molecular weight excluding hydrogens is 260 g/mol. The average Bonchev–Trinajstić information content (AvgIpc) is 2.76. The Labute approximate surface area is 116 Å². The largest absolute Gasteiger partial charge is 0.466 e. The van der Waals surface area contributed by atoms with E-state index in [-0.39, 0.29) is 25.4 Å². The van der Waals surface area contributed by atoms with E-state index in [2.05, 4.69) is 0 Å². The average molecular weight is 276 g/mol. The Morgan fingerprint density at radius 1 is 1.20 bits per heavy atom. The molecular formula is C15H16O5. The van der Waals surface area contributed by atoms with Crippen molar-refractivity contribution in [3.05, 3.63) is 34.9 Å². The number of fused-ring (bicyclic) bond motifs is 1. The second-order valence-corrected chi connectivity index (χ2v) is 4.45. The molecule has 0 heterocycles. The summed E-state index contributed by atoms with van der Waals surface area (Å²) in [5.74, 6) is -1.58. The molecule has 2 rings (SSSR count). The van der Waals surface area contributed by atoms with Crippen molar-refractivity contribution in [1.82, 2.24) is 0 Å². The lowest BCUT2D eigenvalue weighted by Crippen LogP contribution is -2.14. The molecule has 20 heavy (non-hydrogen) atoms. The third-order valence-corrected chi connectivity index (χ3v) is 3.20. The molecule has 0 fully saturated rings. The number of esters is 2. The van der Waals surface area contributed by atoms with Gasteiger partial charge in [-0.1, -0.05) is 6.07 Å². The van der Waals surface area contributed by atoms with Gasteiger partial charge in [0.1, 0.15) is 0 Å². The summed E-state index contributed by atoms with van der Waals surface area (Å²) < 4.78 is 9.86. The summed E-state index contributed by atoms with van der Waals surface area (Å²) >= 11 is 0. The van der Waals surface area contributed by atoms with E-state index in [9.17, 15) is 14.4 Å². The standard InChI is InChI=1S/C15H16O5/c1-3-19-14(17)9-5-6-10-11(7-9)13(16)8-12(10)15(18)20-4-2/h5-7,12H,3-4,8H2,1-2H3. The summed E-state index contributed by atoms with van der Waals surface area (Å²) in [7, 11) is 0. The summed E-state index contributed by atoms with van der Waals surface area (Å²) in [5.41, 5.74) is 1.36. The molecule has 0 saturated heterocycles. The normalized spacial score (nSPS) is 16.7. The minimum absolute atomic E-state index is 0.0977. The van der Waals surface area contributed by atoms with Crippen LogP contribution in [-0.2, 0) is 14.3 Å².